The standard InChI is InChI=1S/C17H25N3O/c18-14-9-16(20(11-14)15-5-6-15)17(21)19-8-7-12-3-1-2-4-13(12)10-19/h9,11-13,15H,1-8,10,18H2. The highest BCUT2D eigenvalue weighted by Crippen LogP contribution is 2.39. The van der Waals surface area contributed by atoms with Crippen LogP contribution in [0.3, 0.4) is 0 Å². The molecule has 1 aliphatic heterocycles. The largest absolute Gasteiger partial charge is 0.397 e. The Morgan fingerprint density at radius 1 is 1.10 bits per heavy atom. The molecular weight excluding hydrogens is 262 g/mol. The maximum Gasteiger partial charge on any atom is 0.270 e. The number of fused-ring (bicyclic) bond motifs is 1. The van der Waals surface area contributed by atoms with Gasteiger partial charge in [0, 0.05) is 25.3 Å². The van der Waals surface area contributed by atoms with Gasteiger partial charge in [-0.3, -0.25) is 4.79 Å². The minimum atomic E-state index is 0.197. The van der Waals surface area contributed by atoms with Gasteiger partial charge in [0.05, 0.1) is 5.69 Å². The zero-order valence-corrected chi connectivity index (χ0v) is 12.6. The van der Waals surface area contributed by atoms with Gasteiger partial charge in [-0.1, -0.05) is 19.3 Å². The molecule has 2 atom stereocenters. The van der Waals surface area contributed by atoms with Crippen molar-refractivity contribution in [2.75, 3.05) is 18.8 Å². The number of nitrogens with zero attached hydrogens (tertiary/aromatic N) is 2. The lowest BCUT2D eigenvalue weighted by Gasteiger charge is -2.41. The molecule has 2 heterocycles. The third-order valence-corrected chi connectivity index (χ3v) is 5.61. The molecule has 0 radical (unpaired) electrons. The average molecular weight is 287 g/mol. The molecule has 0 aromatic carbocycles. The van der Waals surface area contributed by atoms with Gasteiger partial charge in [0.15, 0.2) is 0 Å². The lowest BCUT2D eigenvalue weighted by molar-refractivity contribution is 0.0511. The highest BCUT2D eigenvalue weighted by atomic mass is 16.2. The fourth-order valence-electron chi connectivity index (χ4n) is 4.27. The van der Waals surface area contributed by atoms with Crippen LogP contribution in [-0.4, -0.2) is 28.5 Å². The Balaban J connectivity index is 1.52. The Bertz CT molecular complexity index is 546. The number of piperidine rings is 1. The molecule has 114 valence electrons. The molecule has 1 amide bonds. The van der Waals surface area contributed by atoms with Crippen LogP contribution in [0.25, 0.3) is 0 Å². The molecule has 4 heteroatoms. The van der Waals surface area contributed by atoms with E-state index in [1.807, 2.05) is 12.3 Å². The number of hydrogen-bond donors (Lipinski definition) is 1. The lowest BCUT2D eigenvalue weighted by Crippen LogP contribution is -2.45. The van der Waals surface area contributed by atoms with Crippen molar-refractivity contribution in [2.45, 2.75) is 51.0 Å². The number of carbonyl (C=O) groups excluding carboxylic acids is 1. The summed E-state index contributed by atoms with van der Waals surface area (Å²) in [6, 6.07) is 2.38. The lowest BCUT2D eigenvalue weighted by atomic mass is 9.75. The van der Waals surface area contributed by atoms with E-state index in [0.717, 1.165) is 36.3 Å². The van der Waals surface area contributed by atoms with E-state index in [-0.39, 0.29) is 5.91 Å². The predicted octanol–water partition coefficient (Wildman–Crippen LogP) is 3.06. The number of carbonyl (C=O) groups is 1. The molecule has 0 spiro atoms. The van der Waals surface area contributed by atoms with Gasteiger partial charge in [-0.05, 0) is 43.6 Å². The van der Waals surface area contributed by atoms with Crippen molar-refractivity contribution >= 4 is 11.6 Å². The summed E-state index contributed by atoms with van der Waals surface area (Å²) < 4.78 is 2.12. The number of likely N-dealkylation sites (tertiary alicyclic amines) is 1. The molecule has 21 heavy (non-hydrogen) atoms. The van der Waals surface area contributed by atoms with Gasteiger partial charge in [0.25, 0.3) is 5.91 Å². The summed E-state index contributed by atoms with van der Waals surface area (Å²) in [6.45, 7) is 1.88. The zero-order chi connectivity index (χ0) is 14.4. The monoisotopic (exact) mass is 287 g/mol. The van der Waals surface area contributed by atoms with Gasteiger partial charge in [-0.15, -0.1) is 0 Å². The molecule has 4 nitrogen and oxygen atoms in total. The van der Waals surface area contributed by atoms with E-state index >= 15 is 0 Å². The number of nitrogens with two attached hydrogens (primary N) is 1. The molecule has 4 rings (SSSR count). The summed E-state index contributed by atoms with van der Waals surface area (Å²) in [4.78, 5) is 15.0. The second-order valence-electron chi connectivity index (χ2n) is 7.14. The van der Waals surface area contributed by atoms with Crippen LogP contribution in [0.2, 0.25) is 0 Å². The van der Waals surface area contributed by atoms with Crippen LogP contribution in [0.1, 0.15) is 61.5 Å². The van der Waals surface area contributed by atoms with Gasteiger partial charge in [-0.2, -0.15) is 0 Å². The van der Waals surface area contributed by atoms with E-state index in [1.165, 1.54) is 44.9 Å². The van der Waals surface area contributed by atoms with E-state index in [1.54, 1.807) is 0 Å². The number of anilines is 1. The van der Waals surface area contributed by atoms with Crippen molar-refractivity contribution in [1.29, 1.82) is 0 Å². The van der Waals surface area contributed by atoms with Crippen molar-refractivity contribution in [1.82, 2.24) is 9.47 Å². The maximum atomic E-state index is 12.9. The molecule has 2 saturated carbocycles. The first-order chi connectivity index (χ1) is 10.2. The van der Waals surface area contributed by atoms with Crippen LogP contribution in [0, 0.1) is 11.8 Å². The molecule has 3 aliphatic rings. The molecular formula is C17H25N3O. The van der Waals surface area contributed by atoms with Crippen LogP contribution >= 0.6 is 0 Å². The number of nitrogen functional groups attached to an aromatic ring is 1. The van der Waals surface area contributed by atoms with Crippen LogP contribution in [0.5, 0.6) is 0 Å². The number of amides is 1. The minimum absolute atomic E-state index is 0.197. The Labute approximate surface area is 126 Å². The van der Waals surface area contributed by atoms with Gasteiger partial charge in [-0.25, -0.2) is 0 Å². The molecule has 3 fully saturated rings. The maximum absolute atomic E-state index is 12.9. The fraction of sp³-hybridized carbons (Fsp3) is 0.706. The van der Waals surface area contributed by atoms with Gasteiger partial charge in [0.2, 0.25) is 0 Å². The van der Waals surface area contributed by atoms with Gasteiger partial charge < -0.3 is 15.2 Å². The number of hydrogen-bond acceptors (Lipinski definition) is 2. The predicted molar refractivity (Wildman–Crippen MR) is 83.1 cm³/mol. The van der Waals surface area contributed by atoms with Crippen LogP contribution < -0.4 is 5.73 Å². The van der Waals surface area contributed by atoms with Crippen molar-refractivity contribution < 1.29 is 4.79 Å². The summed E-state index contributed by atoms with van der Waals surface area (Å²) >= 11 is 0. The second kappa shape index (κ2) is 5.08. The van der Waals surface area contributed by atoms with E-state index in [4.69, 9.17) is 5.73 Å². The zero-order valence-electron chi connectivity index (χ0n) is 12.6. The third-order valence-electron chi connectivity index (χ3n) is 5.61. The fourth-order valence-corrected chi connectivity index (χ4v) is 4.27. The Morgan fingerprint density at radius 2 is 1.86 bits per heavy atom. The number of rotatable bonds is 2. The Hall–Kier alpha value is -1.45. The molecule has 2 aliphatic carbocycles. The summed E-state index contributed by atoms with van der Waals surface area (Å²) in [6.07, 6.45) is 10.9. The summed E-state index contributed by atoms with van der Waals surface area (Å²) in [5, 5.41) is 0. The number of aromatic nitrogens is 1. The molecule has 1 aromatic rings. The van der Waals surface area contributed by atoms with E-state index in [0.29, 0.717) is 6.04 Å². The quantitative estimate of drug-likeness (QED) is 0.909. The van der Waals surface area contributed by atoms with Crippen LogP contribution in [0.4, 0.5) is 5.69 Å². The van der Waals surface area contributed by atoms with Gasteiger partial charge in [0.1, 0.15) is 5.69 Å². The van der Waals surface area contributed by atoms with E-state index in [2.05, 4.69) is 9.47 Å². The van der Waals surface area contributed by atoms with Crippen LogP contribution in [-0.2, 0) is 0 Å². The first kappa shape index (κ1) is 13.2. The Morgan fingerprint density at radius 3 is 2.62 bits per heavy atom. The molecule has 1 aromatic heterocycles. The highest BCUT2D eigenvalue weighted by Gasteiger charge is 2.35. The SMILES string of the molecule is Nc1cc(C(=O)N2CCC3CCCCC3C2)n(C2CC2)c1. The van der Waals surface area contributed by atoms with Crippen molar-refractivity contribution in [3.05, 3.63) is 18.0 Å². The molecule has 2 N–H and O–H groups in total. The molecule has 0 bridgehead atoms. The first-order valence-electron chi connectivity index (χ1n) is 8.49. The van der Waals surface area contributed by atoms with Crippen molar-refractivity contribution in [3.8, 4) is 0 Å². The van der Waals surface area contributed by atoms with Gasteiger partial charge >= 0.3 is 0 Å². The first-order valence-corrected chi connectivity index (χ1v) is 8.49. The normalized spacial score (nSPS) is 29.2. The van der Waals surface area contributed by atoms with E-state index < -0.39 is 0 Å². The summed E-state index contributed by atoms with van der Waals surface area (Å²) in [5.41, 5.74) is 7.46. The van der Waals surface area contributed by atoms with Crippen molar-refractivity contribution in [3.63, 3.8) is 0 Å². The van der Waals surface area contributed by atoms with Crippen LogP contribution in [0.15, 0.2) is 12.3 Å². The smallest absolute Gasteiger partial charge is 0.270 e. The van der Waals surface area contributed by atoms with E-state index in [9.17, 15) is 4.79 Å². The summed E-state index contributed by atoms with van der Waals surface area (Å²) in [5.74, 6) is 1.80. The third kappa shape index (κ3) is 2.45. The highest BCUT2D eigenvalue weighted by molar-refractivity contribution is 5.94. The summed E-state index contributed by atoms with van der Waals surface area (Å²) in [7, 11) is 0. The average Bonchev–Trinajstić information content (AvgIpc) is 3.28. The Kier molecular flexibility index (Phi) is 3.20. The van der Waals surface area contributed by atoms with Crippen molar-refractivity contribution in [2.24, 2.45) is 11.8 Å². The topological polar surface area (TPSA) is 51.3 Å². The molecule has 2 unspecified atom stereocenters. The minimum Gasteiger partial charge on any atom is -0.397 e. The second-order valence-corrected chi connectivity index (χ2v) is 7.14. The molecule has 1 saturated heterocycles.